The predicted octanol–water partition coefficient (Wildman–Crippen LogP) is 1.02. The summed E-state index contributed by atoms with van der Waals surface area (Å²) in [5, 5.41) is 2.78. The number of hydrogen-bond donors (Lipinski definition) is 2. The first-order valence-electron chi connectivity index (χ1n) is 6.16. The minimum absolute atomic E-state index is 0.165. The lowest BCUT2D eigenvalue weighted by molar-refractivity contribution is -0.183. The Kier molecular flexibility index (Phi) is 3.08. The van der Waals surface area contributed by atoms with Gasteiger partial charge in [-0.3, -0.25) is 0 Å². The molecule has 2 saturated heterocycles. The van der Waals surface area contributed by atoms with E-state index in [1.807, 2.05) is 20.8 Å². The van der Waals surface area contributed by atoms with E-state index in [1.54, 1.807) is 0 Å². The SMILES string of the molecule is CC(C)(C)OC(=O)NCC12CC(C1)C(N)CO2. The van der Waals surface area contributed by atoms with Gasteiger partial charge in [0.25, 0.3) is 0 Å². The van der Waals surface area contributed by atoms with Crippen molar-refractivity contribution in [2.75, 3.05) is 13.2 Å². The van der Waals surface area contributed by atoms with Crippen LogP contribution >= 0.6 is 0 Å². The van der Waals surface area contributed by atoms with Crippen LogP contribution in [-0.2, 0) is 9.47 Å². The van der Waals surface area contributed by atoms with Crippen molar-refractivity contribution in [3.05, 3.63) is 0 Å². The van der Waals surface area contributed by atoms with Crippen LogP contribution in [0.4, 0.5) is 4.79 Å². The van der Waals surface area contributed by atoms with Crippen molar-refractivity contribution in [3.8, 4) is 0 Å². The minimum Gasteiger partial charge on any atom is -0.444 e. The Hall–Kier alpha value is -0.810. The van der Waals surface area contributed by atoms with E-state index in [2.05, 4.69) is 5.32 Å². The molecule has 3 rings (SSSR count). The molecule has 2 heterocycles. The molecule has 3 N–H and O–H groups in total. The zero-order chi connectivity index (χ0) is 12.7. The number of rotatable bonds is 2. The Bertz CT molecular complexity index is 300. The number of amides is 1. The van der Waals surface area contributed by atoms with Crippen LogP contribution < -0.4 is 11.1 Å². The highest BCUT2D eigenvalue weighted by atomic mass is 16.6. The summed E-state index contributed by atoms with van der Waals surface area (Å²) in [6.45, 7) is 6.66. The summed E-state index contributed by atoms with van der Waals surface area (Å²) in [7, 11) is 0. The molecule has 1 amide bonds. The second-order valence-electron chi connectivity index (χ2n) is 6.18. The van der Waals surface area contributed by atoms with Crippen molar-refractivity contribution in [1.82, 2.24) is 5.32 Å². The molecule has 1 aliphatic carbocycles. The number of nitrogens with one attached hydrogen (secondary N) is 1. The van der Waals surface area contributed by atoms with E-state index >= 15 is 0 Å². The number of alkyl carbamates (subject to hydrolysis) is 1. The number of fused-ring (bicyclic) bond motifs is 2. The third-order valence-electron chi connectivity index (χ3n) is 3.41. The second-order valence-corrected chi connectivity index (χ2v) is 6.18. The van der Waals surface area contributed by atoms with Crippen LogP contribution in [0.1, 0.15) is 33.6 Å². The number of carbonyl (C=O) groups is 1. The molecule has 0 aromatic carbocycles. The normalized spacial score (nSPS) is 36.0. The van der Waals surface area contributed by atoms with Crippen LogP contribution in [0.25, 0.3) is 0 Å². The van der Waals surface area contributed by atoms with Crippen molar-refractivity contribution in [2.24, 2.45) is 11.7 Å². The van der Waals surface area contributed by atoms with Crippen molar-refractivity contribution in [3.63, 3.8) is 0 Å². The highest BCUT2D eigenvalue weighted by molar-refractivity contribution is 5.67. The van der Waals surface area contributed by atoms with Gasteiger partial charge in [-0.05, 0) is 39.5 Å². The zero-order valence-corrected chi connectivity index (χ0v) is 10.8. The maximum absolute atomic E-state index is 11.5. The van der Waals surface area contributed by atoms with Gasteiger partial charge in [-0.2, -0.15) is 0 Å². The topological polar surface area (TPSA) is 73.6 Å². The standard InChI is InChI=1S/C12H22N2O3/c1-11(2,3)17-10(15)14-7-12-4-8(5-12)9(13)6-16-12/h8-9H,4-7,13H2,1-3H3,(H,14,15). The van der Waals surface area contributed by atoms with Gasteiger partial charge in [0.1, 0.15) is 5.60 Å². The Labute approximate surface area is 102 Å². The molecular formula is C12H22N2O3. The fraction of sp³-hybridized carbons (Fsp3) is 0.917. The summed E-state index contributed by atoms with van der Waals surface area (Å²) in [5.41, 5.74) is 5.24. The Morgan fingerprint density at radius 2 is 2.18 bits per heavy atom. The van der Waals surface area contributed by atoms with Gasteiger partial charge >= 0.3 is 6.09 Å². The Morgan fingerprint density at radius 3 is 2.65 bits per heavy atom. The molecule has 1 saturated carbocycles. The molecule has 0 aromatic heterocycles. The molecule has 17 heavy (non-hydrogen) atoms. The lowest BCUT2D eigenvalue weighted by atomic mass is 9.65. The largest absolute Gasteiger partial charge is 0.444 e. The first kappa shape index (κ1) is 12.6. The molecular weight excluding hydrogens is 220 g/mol. The van der Waals surface area contributed by atoms with Crippen LogP contribution in [-0.4, -0.2) is 36.5 Å². The molecule has 0 spiro atoms. The van der Waals surface area contributed by atoms with Crippen molar-refractivity contribution < 1.29 is 14.3 Å². The summed E-state index contributed by atoms with van der Waals surface area (Å²) in [4.78, 5) is 11.5. The highest BCUT2D eigenvalue weighted by Crippen LogP contribution is 2.46. The van der Waals surface area contributed by atoms with E-state index in [9.17, 15) is 4.79 Å². The fourth-order valence-corrected chi connectivity index (χ4v) is 2.47. The number of nitrogens with two attached hydrogens (primary N) is 1. The van der Waals surface area contributed by atoms with Crippen LogP contribution in [0.15, 0.2) is 0 Å². The van der Waals surface area contributed by atoms with Crippen molar-refractivity contribution in [1.29, 1.82) is 0 Å². The highest BCUT2D eigenvalue weighted by Gasteiger charge is 2.51. The predicted molar refractivity (Wildman–Crippen MR) is 63.6 cm³/mol. The Morgan fingerprint density at radius 1 is 1.53 bits per heavy atom. The molecule has 5 heteroatoms. The number of carbonyl (C=O) groups excluding carboxylic acids is 1. The maximum atomic E-state index is 11.5. The van der Waals surface area contributed by atoms with E-state index in [0.29, 0.717) is 19.1 Å². The maximum Gasteiger partial charge on any atom is 0.407 e. The number of ether oxygens (including phenoxy) is 2. The van der Waals surface area contributed by atoms with Gasteiger partial charge in [0.05, 0.1) is 12.2 Å². The molecule has 2 bridgehead atoms. The van der Waals surface area contributed by atoms with Crippen LogP contribution in [0.3, 0.4) is 0 Å². The average molecular weight is 242 g/mol. The van der Waals surface area contributed by atoms with E-state index in [-0.39, 0.29) is 17.7 Å². The van der Waals surface area contributed by atoms with E-state index in [4.69, 9.17) is 15.2 Å². The van der Waals surface area contributed by atoms with Crippen LogP contribution in [0, 0.1) is 5.92 Å². The summed E-state index contributed by atoms with van der Waals surface area (Å²) >= 11 is 0. The second kappa shape index (κ2) is 4.14. The van der Waals surface area contributed by atoms with Gasteiger partial charge in [0, 0.05) is 12.6 Å². The first-order chi connectivity index (χ1) is 7.80. The van der Waals surface area contributed by atoms with Crippen LogP contribution in [0.2, 0.25) is 0 Å². The molecule has 0 aromatic rings. The lowest BCUT2D eigenvalue weighted by Crippen LogP contribution is -2.64. The summed E-state index contributed by atoms with van der Waals surface area (Å²) in [5.74, 6) is 0.559. The molecule has 2 aliphatic heterocycles. The fourth-order valence-electron chi connectivity index (χ4n) is 2.47. The third-order valence-corrected chi connectivity index (χ3v) is 3.41. The first-order valence-corrected chi connectivity index (χ1v) is 6.16. The van der Waals surface area contributed by atoms with Gasteiger partial charge in [-0.25, -0.2) is 4.79 Å². The van der Waals surface area contributed by atoms with Gasteiger partial charge in [0.2, 0.25) is 0 Å². The van der Waals surface area contributed by atoms with Crippen molar-refractivity contribution in [2.45, 2.75) is 50.9 Å². The quantitative estimate of drug-likeness (QED) is 0.758. The zero-order valence-electron chi connectivity index (χ0n) is 10.8. The van der Waals surface area contributed by atoms with E-state index in [1.165, 1.54) is 0 Å². The smallest absolute Gasteiger partial charge is 0.407 e. The molecule has 98 valence electrons. The molecule has 3 fully saturated rings. The van der Waals surface area contributed by atoms with Crippen molar-refractivity contribution >= 4 is 6.09 Å². The van der Waals surface area contributed by atoms with E-state index in [0.717, 1.165) is 12.8 Å². The molecule has 0 radical (unpaired) electrons. The molecule has 1 unspecified atom stereocenters. The van der Waals surface area contributed by atoms with Gasteiger partial charge in [0.15, 0.2) is 0 Å². The van der Waals surface area contributed by atoms with Crippen LogP contribution in [0.5, 0.6) is 0 Å². The van der Waals surface area contributed by atoms with Gasteiger partial charge < -0.3 is 20.5 Å². The Balaban J connectivity index is 1.75. The van der Waals surface area contributed by atoms with Gasteiger partial charge in [-0.15, -0.1) is 0 Å². The molecule has 5 nitrogen and oxygen atoms in total. The monoisotopic (exact) mass is 242 g/mol. The minimum atomic E-state index is -0.459. The summed E-state index contributed by atoms with van der Waals surface area (Å²) in [6, 6.07) is 0.165. The van der Waals surface area contributed by atoms with E-state index < -0.39 is 5.60 Å². The summed E-state index contributed by atoms with van der Waals surface area (Å²) in [6.07, 6.45) is 1.52. The average Bonchev–Trinajstić information content (AvgIpc) is 2.12. The number of hydrogen-bond acceptors (Lipinski definition) is 4. The lowest BCUT2D eigenvalue weighted by Gasteiger charge is -2.54. The van der Waals surface area contributed by atoms with Gasteiger partial charge in [-0.1, -0.05) is 0 Å². The summed E-state index contributed by atoms with van der Waals surface area (Å²) < 4.78 is 10.9. The molecule has 3 aliphatic rings. The molecule has 1 atom stereocenters. The third kappa shape index (κ3) is 2.90.